The van der Waals surface area contributed by atoms with E-state index >= 15 is 0 Å². The molecule has 0 aliphatic heterocycles. The van der Waals surface area contributed by atoms with Crippen molar-refractivity contribution < 1.29 is 9.18 Å². The number of aldehydes is 1. The highest BCUT2D eigenvalue weighted by Gasteiger charge is 1.96. The Hall–Kier alpha value is -1.09. The van der Waals surface area contributed by atoms with E-state index in [9.17, 15) is 9.18 Å². The average molecular weight is 210 g/mol. The van der Waals surface area contributed by atoms with Gasteiger partial charge in [0.1, 0.15) is 12.1 Å². The summed E-state index contributed by atoms with van der Waals surface area (Å²) in [5.41, 5.74) is 1.06. The van der Waals surface area contributed by atoms with Gasteiger partial charge in [0, 0.05) is 5.56 Å². The van der Waals surface area contributed by atoms with Gasteiger partial charge in [0.25, 0.3) is 0 Å². The van der Waals surface area contributed by atoms with Crippen molar-refractivity contribution in [3.05, 3.63) is 41.2 Å². The lowest BCUT2D eigenvalue weighted by molar-refractivity contribution is 0.112. The monoisotopic (exact) mass is 210 g/mol. The first-order chi connectivity index (χ1) is 6.76. The summed E-state index contributed by atoms with van der Waals surface area (Å²) in [5, 5.41) is 0. The standard InChI is InChI=1S/C11H11FOS/c12-11-6-9(3-1-2-4-14)5-10(7-11)8-13/h1,3,5-8,14H,2,4H2. The minimum atomic E-state index is -0.389. The lowest BCUT2D eigenvalue weighted by Crippen LogP contribution is -1.85. The third-order valence-corrected chi connectivity index (χ3v) is 1.94. The van der Waals surface area contributed by atoms with E-state index < -0.39 is 0 Å². The summed E-state index contributed by atoms with van der Waals surface area (Å²) in [6.07, 6.45) is 5.15. The molecule has 1 aromatic carbocycles. The van der Waals surface area contributed by atoms with Crippen LogP contribution in [-0.2, 0) is 0 Å². The lowest BCUT2D eigenvalue weighted by atomic mass is 10.1. The molecular weight excluding hydrogens is 199 g/mol. The quantitative estimate of drug-likeness (QED) is 0.597. The normalized spacial score (nSPS) is 10.7. The van der Waals surface area contributed by atoms with Crippen LogP contribution in [-0.4, -0.2) is 12.0 Å². The van der Waals surface area contributed by atoms with E-state index in [0.717, 1.165) is 12.2 Å². The van der Waals surface area contributed by atoms with Crippen molar-refractivity contribution in [3.8, 4) is 0 Å². The smallest absolute Gasteiger partial charge is 0.150 e. The Kier molecular flexibility index (Phi) is 4.40. The first-order valence-corrected chi connectivity index (χ1v) is 4.92. The summed E-state index contributed by atoms with van der Waals surface area (Å²) < 4.78 is 12.9. The molecule has 74 valence electrons. The highest BCUT2D eigenvalue weighted by atomic mass is 32.1. The molecule has 1 rings (SSSR count). The van der Waals surface area contributed by atoms with Crippen LogP contribution < -0.4 is 0 Å². The van der Waals surface area contributed by atoms with Gasteiger partial charge in [0.05, 0.1) is 0 Å². The van der Waals surface area contributed by atoms with Crippen molar-refractivity contribution in [2.75, 3.05) is 5.75 Å². The molecule has 0 aliphatic rings. The van der Waals surface area contributed by atoms with Crippen LogP contribution in [0.3, 0.4) is 0 Å². The maximum absolute atomic E-state index is 12.9. The molecule has 0 unspecified atom stereocenters. The van der Waals surface area contributed by atoms with E-state index in [-0.39, 0.29) is 5.82 Å². The summed E-state index contributed by atoms with van der Waals surface area (Å²) in [6.45, 7) is 0. The van der Waals surface area contributed by atoms with Crippen molar-refractivity contribution in [1.82, 2.24) is 0 Å². The number of carbonyl (C=O) groups excluding carboxylic acids is 1. The van der Waals surface area contributed by atoms with Gasteiger partial charge in [-0.1, -0.05) is 12.2 Å². The minimum Gasteiger partial charge on any atom is -0.298 e. The van der Waals surface area contributed by atoms with Crippen molar-refractivity contribution in [2.45, 2.75) is 6.42 Å². The predicted molar refractivity (Wildman–Crippen MR) is 59.3 cm³/mol. The van der Waals surface area contributed by atoms with Gasteiger partial charge < -0.3 is 0 Å². The molecule has 0 amide bonds. The molecule has 0 fully saturated rings. The number of rotatable bonds is 4. The molecule has 0 saturated carbocycles. The van der Waals surface area contributed by atoms with Crippen LogP contribution in [0.15, 0.2) is 24.3 Å². The Bertz CT molecular complexity index is 347. The number of benzene rings is 1. The van der Waals surface area contributed by atoms with Crippen LogP contribution in [0, 0.1) is 5.82 Å². The van der Waals surface area contributed by atoms with Gasteiger partial charge in [-0.05, 0) is 35.9 Å². The molecule has 0 heterocycles. The molecular formula is C11H11FOS. The third-order valence-electron chi connectivity index (χ3n) is 1.68. The van der Waals surface area contributed by atoms with Gasteiger partial charge in [-0.15, -0.1) is 0 Å². The molecule has 0 aliphatic carbocycles. The Morgan fingerprint density at radius 1 is 1.29 bits per heavy atom. The number of carbonyl (C=O) groups is 1. The second-order valence-electron chi connectivity index (χ2n) is 2.85. The summed E-state index contributed by atoms with van der Waals surface area (Å²) in [5.74, 6) is 0.368. The van der Waals surface area contributed by atoms with E-state index in [1.165, 1.54) is 12.1 Å². The molecule has 0 atom stereocenters. The van der Waals surface area contributed by atoms with Gasteiger partial charge in [-0.25, -0.2) is 4.39 Å². The molecule has 1 nitrogen and oxygen atoms in total. The Labute approximate surface area is 88.0 Å². The van der Waals surface area contributed by atoms with Gasteiger partial charge >= 0.3 is 0 Å². The summed E-state index contributed by atoms with van der Waals surface area (Å²) in [7, 11) is 0. The highest BCUT2D eigenvalue weighted by molar-refractivity contribution is 7.80. The van der Waals surface area contributed by atoms with Crippen LogP contribution >= 0.6 is 12.6 Å². The zero-order valence-corrected chi connectivity index (χ0v) is 8.51. The van der Waals surface area contributed by atoms with Gasteiger partial charge in [-0.2, -0.15) is 12.6 Å². The highest BCUT2D eigenvalue weighted by Crippen LogP contribution is 2.09. The number of halogens is 1. The second kappa shape index (κ2) is 5.60. The topological polar surface area (TPSA) is 17.1 Å². The van der Waals surface area contributed by atoms with Gasteiger partial charge in [0.15, 0.2) is 0 Å². The Balaban J connectivity index is 2.86. The van der Waals surface area contributed by atoms with Gasteiger partial charge in [0.2, 0.25) is 0 Å². The molecule has 0 spiro atoms. The minimum absolute atomic E-state index is 0.357. The second-order valence-corrected chi connectivity index (χ2v) is 3.30. The van der Waals surface area contributed by atoms with Crippen LogP contribution in [0.1, 0.15) is 22.3 Å². The van der Waals surface area contributed by atoms with E-state index in [1.54, 1.807) is 12.1 Å². The number of allylic oxidation sites excluding steroid dienone is 1. The number of hydrogen-bond acceptors (Lipinski definition) is 2. The van der Waals surface area contributed by atoms with E-state index in [0.29, 0.717) is 17.4 Å². The Morgan fingerprint density at radius 2 is 2.00 bits per heavy atom. The summed E-state index contributed by atoms with van der Waals surface area (Å²) in [6, 6.07) is 4.25. The molecule has 3 heteroatoms. The Morgan fingerprint density at radius 3 is 2.64 bits per heavy atom. The summed E-state index contributed by atoms with van der Waals surface area (Å²) >= 11 is 4.04. The molecule has 0 saturated heterocycles. The maximum Gasteiger partial charge on any atom is 0.150 e. The van der Waals surface area contributed by atoms with Crippen molar-refractivity contribution in [3.63, 3.8) is 0 Å². The number of thiol groups is 1. The van der Waals surface area contributed by atoms with E-state index in [2.05, 4.69) is 12.6 Å². The van der Waals surface area contributed by atoms with Gasteiger partial charge in [-0.3, -0.25) is 4.79 Å². The third kappa shape index (κ3) is 3.34. The molecule has 0 aromatic heterocycles. The molecule has 0 radical (unpaired) electrons. The summed E-state index contributed by atoms with van der Waals surface area (Å²) in [4.78, 5) is 10.4. The zero-order valence-electron chi connectivity index (χ0n) is 7.61. The van der Waals surface area contributed by atoms with Crippen molar-refractivity contribution in [1.29, 1.82) is 0 Å². The van der Waals surface area contributed by atoms with Crippen LogP contribution in [0.25, 0.3) is 6.08 Å². The molecule has 1 aromatic rings. The zero-order chi connectivity index (χ0) is 10.4. The maximum atomic E-state index is 12.9. The van der Waals surface area contributed by atoms with Crippen molar-refractivity contribution in [2.24, 2.45) is 0 Å². The fourth-order valence-corrected chi connectivity index (χ4v) is 1.24. The predicted octanol–water partition coefficient (Wildman–Crippen LogP) is 2.97. The average Bonchev–Trinajstić information content (AvgIpc) is 2.17. The lowest BCUT2D eigenvalue weighted by Gasteiger charge is -1.96. The van der Waals surface area contributed by atoms with E-state index in [4.69, 9.17) is 0 Å². The number of hydrogen-bond donors (Lipinski definition) is 1. The van der Waals surface area contributed by atoms with Crippen LogP contribution in [0.2, 0.25) is 0 Å². The first-order valence-electron chi connectivity index (χ1n) is 4.29. The van der Waals surface area contributed by atoms with E-state index in [1.807, 2.05) is 6.08 Å². The fourth-order valence-electron chi connectivity index (χ4n) is 1.09. The molecule has 0 N–H and O–H groups in total. The van der Waals surface area contributed by atoms with Crippen molar-refractivity contribution >= 4 is 25.0 Å². The largest absolute Gasteiger partial charge is 0.298 e. The van der Waals surface area contributed by atoms with Crippen LogP contribution in [0.4, 0.5) is 4.39 Å². The van der Waals surface area contributed by atoms with Crippen LogP contribution in [0.5, 0.6) is 0 Å². The molecule has 0 bridgehead atoms. The first kappa shape index (κ1) is 11.0. The SMILES string of the molecule is O=Cc1cc(F)cc(C=CCCS)c1. The molecule has 14 heavy (non-hydrogen) atoms. The fraction of sp³-hybridized carbons (Fsp3) is 0.182.